The van der Waals surface area contributed by atoms with Gasteiger partial charge in [-0.1, -0.05) is 75.6 Å². The number of benzene rings is 1. The van der Waals surface area contributed by atoms with Gasteiger partial charge in [0.2, 0.25) is 0 Å². The van der Waals surface area contributed by atoms with Gasteiger partial charge in [-0.25, -0.2) is 0 Å². The van der Waals surface area contributed by atoms with Gasteiger partial charge in [-0.3, -0.25) is 0 Å². The molecule has 0 saturated carbocycles. The second-order valence-corrected chi connectivity index (χ2v) is 6.11. The van der Waals surface area contributed by atoms with Gasteiger partial charge in [0, 0.05) is 6.04 Å². The van der Waals surface area contributed by atoms with Gasteiger partial charge in [0.05, 0.1) is 0 Å². The molecular weight excluding hydrogens is 242 g/mol. The molecule has 0 spiro atoms. The summed E-state index contributed by atoms with van der Waals surface area (Å²) >= 11 is 0. The summed E-state index contributed by atoms with van der Waals surface area (Å²) in [6.45, 7) is 6.69. The standard InChI is InChI=1S/C19H33N/c1-5-6-7-8-9-10-11-12-19(20-4)18-15-16(2)13-14-17(18)3/h13-15,19-20H,5-12H2,1-4H3. The molecule has 0 fully saturated rings. The molecule has 1 aromatic rings. The SMILES string of the molecule is CCCCCCCCCC(NC)c1cc(C)ccc1C. The fraction of sp³-hybridized carbons (Fsp3) is 0.684. The first kappa shape index (κ1) is 17.2. The number of hydrogen-bond donors (Lipinski definition) is 1. The Labute approximate surface area is 126 Å². The van der Waals surface area contributed by atoms with Gasteiger partial charge in [-0.15, -0.1) is 0 Å². The lowest BCUT2D eigenvalue weighted by atomic mass is 9.94. The molecule has 0 aliphatic rings. The molecule has 0 aliphatic carbocycles. The van der Waals surface area contributed by atoms with Gasteiger partial charge in [-0.05, 0) is 38.4 Å². The van der Waals surface area contributed by atoms with Crippen LogP contribution < -0.4 is 5.32 Å². The van der Waals surface area contributed by atoms with E-state index in [4.69, 9.17) is 0 Å². The number of hydrogen-bond acceptors (Lipinski definition) is 1. The van der Waals surface area contributed by atoms with Crippen molar-refractivity contribution in [3.05, 3.63) is 34.9 Å². The highest BCUT2D eigenvalue weighted by atomic mass is 14.9. The summed E-state index contributed by atoms with van der Waals surface area (Å²) in [6.07, 6.45) is 11.0. The summed E-state index contributed by atoms with van der Waals surface area (Å²) in [6, 6.07) is 7.32. The molecule has 1 N–H and O–H groups in total. The maximum Gasteiger partial charge on any atom is 0.0320 e. The molecule has 1 atom stereocenters. The molecule has 114 valence electrons. The average molecular weight is 275 g/mol. The summed E-state index contributed by atoms with van der Waals surface area (Å²) in [5.41, 5.74) is 4.27. The van der Waals surface area contributed by atoms with E-state index in [0.29, 0.717) is 6.04 Å². The van der Waals surface area contributed by atoms with Crippen molar-refractivity contribution in [2.45, 2.75) is 78.2 Å². The summed E-state index contributed by atoms with van der Waals surface area (Å²) in [4.78, 5) is 0. The highest BCUT2D eigenvalue weighted by Crippen LogP contribution is 2.24. The molecule has 1 heteroatoms. The minimum Gasteiger partial charge on any atom is -0.313 e. The summed E-state index contributed by atoms with van der Waals surface area (Å²) in [7, 11) is 2.09. The van der Waals surface area contributed by atoms with Crippen molar-refractivity contribution in [3.63, 3.8) is 0 Å². The van der Waals surface area contributed by atoms with Crippen molar-refractivity contribution in [1.82, 2.24) is 5.32 Å². The predicted molar refractivity (Wildman–Crippen MR) is 90.3 cm³/mol. The van der Waals surface area contributed by atoms with Gasteiger partial charge in [0.25, 0.3) is 0 Å². The Morgan fingerprint density at radius 1 is 0.950 bits per heavy atom. The molecule has 20 heavy (non-hydrogen) atoms. The first-order chi connectivity index (χ1) is 9.69. The maximum atomic E-state index is 3.50. The Hall–Kier alpha value is -0.820. The summed E-state index contributed by atoms with van der Waals surface area (Å²) in [5.74, 6) is 0. The van der Waals surface area contributed by atoms with Crippen LogP contribution in [0.5, 0.6) is 0 Å². The van der Waals surface area contributed by atoms with Gasteiger partial charge in [0.15, 0.2) is 0 Å². The van der Waals surface area contributed by atoms with E-state index in [1.165, 1.54) is 68.1 Å². The van der Waals surface area contributed by atoms with Crippen molar-refractivity contribution in [2.75, 3.05) is 7.05 Å². The Bertz CT molecular complexity index is 370. The molecule has 0 saturated heterocycles. The average Bonchev–Trinajstić information content (AvgIpc) is 2.45. The van der Waals surface area contributed by atoms with Gasteiger partial charge in [-0.2, -0.15) is 0 Å². The highest BCUT2D eigenvalue weighted by Gasteiger charge is 2.11. The third kappa shape index (κ3) is 6.09. The zero-order valence-corrected chi connectivity index (χ0v) is 14.0. The molecule has 0 amide bonds. The lowest BCUT2D eigenvalue weighted by Crippen LogP contribution is -2.17. The topological polar surface area (TPSA) is 12.0 Å². The van der Waals surface area contributed by atoms with Crippen LogP contribution in [-0.2, 0) is 0 Å². The molecule has 1 unspecified atom stereocenters. The van der Waals surface area contributed by atoms with Crippen molar-refractivity contribution < 1.29 is 0 Å². The fourth-order valence-corrected chi connectivity index (χ4v) is 2.90. The van der Waals surface area contributed by atoms with Crippen LogP contribution >= 0.6 is 0 Å². The van der Waals surface area contributed by atoms with Crippen LogP contribution in [0.4, 0.5) is 0 Å². The zero-order valence-electron chi connectivity index (χ0n) is 14.0. The molecule has 0 heterocycles. The van der Waals surface area contributed by atoms with Crippen LogP contribution in [0, 0.1) is 13.8 Å². The largest absolute Gasteiger partial charge is 0.313 e. The Kier molecular flexibility index (Phi) is 8.60. The van der Waals surface area contributed by atoms with E-state index in [-0.39, 0.29) is 0 Å². The van der Waals surface area contributed by atoms with Crippen LogP contribution in [0.1, 0.15) is 81.0 Å². The minimum atomic E-state index is 0.519. The quantitative estimate of drug-likeness (QED) is 0.540. The highest BCUT2D eigenvalue weighted by molar-refractivity contribution is 5.32. The van der Waals surface area contributed by atoms with E-state index < -0.39 is 0 Å². The van der Waals surface area contributed by atoms with E-state index in [1.54, 1.807) is 0 Å². The van der Waals surface area contributed by atoms with E-state index in [2.05, 4.69) is 51.3 Å². The van der Waals surface area contributed by atoms with Crippen LogP contribution in [0.2, 0.25) is 0 Å². The lowest BCUT2D eigenvalue weighted by Gasteiger charge is -2.19. The third-order valence-electron chi connectivity index (χ3n) is 4.25. The molecule has 0 bridgehead atoms. The Morgan fingerprint density at radius 2 is 1.60 bits per heavy atom. The number of nitrogens with one attached hydrogen (secondary N) is 1. The number of rotatable bonds is 10. The van der Waals surface area contributed by atoms with Crippen molar-refractivity contribution in [1.29, 1.82) is 0 Å². The molecule has 1 nitrogen and oxygen atoms in total. The van der Waals surface area contributed by atoms with Crippen LogP contribution in [0.3, 0.4) is 0 Å². The molecule has 1 rings (SSSR count). The van der Waals surface area contributed by atoms with E-state index in [0.717, 1.165) is 0 Å². The van der Waals surface area contributed by atoms with Gasteiger partial charge >= 0.3 is 0 Å². The van der Waals surface area contributed by atoms with Crippen molar-refractivity contribution >= 4 is 0 Å². The Morgan fingerprint density at radius 3 is 2.25 bits per heavy atom. The van der Waals surface area contributed by atoms with Crippen molar-refractivity contribution in [2.24, 2.45) is 0 Å². The Balaban J connectivity index is 2.34. The maximum absolute atomic E-state index is 3.50. The lowest BCUT2D eigenvalue weighted by molar-refractivity contribution is 0.494. The van der Waals surface area contributed by atoms with E-state index >= 15 is 0 Å². The number of aryl methyl sites for hydroxylation is 2. The first-order valence-electron chi connectivity index (χ1n) is 8.43. The second-order valence-electron chi connectivity index (χ2n) is 6.11. The normalized spacial score (nSPS) is 12.6. The molecule has 0 aromatic heterocycles. The molecule has 0 radical (unpaired) electrons. The van der Waals surface area contributed by atoms with Crippen LogP contribution in [0.15, 0.2) is 18.2 Å². The first-order valence-corrected chi connectivity index (χ1v) is 8.43. The third-order valence-corrected chi connectivity index (χ3v) is 4.25. The smallest absolute Gasteiger partial charge is 0.0320 e. The monoisotopic (exact) mass is 275 g/mol. The number of unbranched alkanes of at least 4 members (excludes halogenated alkanes) is 6. The molecule has 1 aromatic carbocycles. The molecular formula is C19H33N. The summed E-state index contributed by atoms with van der Waals surface area (Å²) in [5, 5.41) is 3.50. The minimum absolute atomic E-state index is 0.519. The summed E-state index contributed by atoms with van der Waals surface area (Å²) < 4.78 is 0. The molecule has 0 aliphatic heterocycles. The van der Waals surface area contributed by atoms with Gasteiger partial charge in [0.1, 0.15) is 0 Å². The van der Waals surface area contributed by atoms with Gasteiger partial charge < -0.3 is 5.32 Å². The van der Waals surface area contributed by atoms with Crippen molar-refractivity contribution in [3.8, 4) is 0 Å². The van der Waals surface area contributed by atoms with E-state index in [1.807, 2.05) is 0 Å². The van der Waals surface area contributed by atoms with E-state index in [9.17, 15) is 0 Å². The van der Waals surface area contributed by atoms with Crippen LogP contribution in [0.25, 0.3) is 0 Å². The van der Waals surface area contributed by atoms with Crippen LogP contribution in [-0.4, -0.2) is 7.05 Å². The zero-order chi connectivity index (χ0) is 14.8. The predicted octanol–water partition coefficient (Wildman–Crippen LogP) is 5.70. The fourth-order valence-electron chi connectivity index (χ4n) is 2.90. The second kappa shape index (κ2) is 9.99.